The van der Waals surface area contributed by atoms with Crippen LogP contribution in [0.15, 0.2) is 12.4 Å². The number of nitrogens with one attached hydrogen (secondary N) is 1. The van der Waals surface area contributed by atoms with Gasteiger partial charge in [0.2, 0.25) is 5.95 Å². The van der Waals surface area contributed by atoms with Crippen LogP contribution in [0.1, 0.15) is 32.8 Å². The van der Waals surface area contributed by atoms with Crippen LogP contribution in [0.4, 0.5) is 5.95 Å². The zero-order valence-corrected chi connectivity index (χ0v) is 10.4. The first-order valence-corrected chi connectivity index (χ1v) is 5.89. The van der Waals surface area contributed by atoms with E-state index in [0.717, 1.165) is 12.8 Å². The lowest BCUT2D eigenvalue weighted by atomic mass is 10.1. The van der Waals surface area contributed by atoms with Crippen molar-refractivity contribution in [3.63, 3.8) is 0 Å². The second-order valence-electron chi connectivity index (χ2n) is 4.64. The van der Waals surface area contributed by atoms with Gasteiger partial charge in [0.15, 0.2) is 0 Å². The SMILES string of the molecule is CC(C)Cc1cnc(NC(C)CCN)nc1. The van der Waals surface area contributed by atoms with Gasteiger partial charge in [-0.15, -0.1) is 0 Å². The van der Waals surface area contributed by atoms with Gasteiger partial charge < -0.3 is 11.1 Å². The van der Waals surface area contributed by atoms with Crippen LogP contribution in [0.3, 0.4) is 0 Å². The minimum Gasteiger partial charge on any atom is -0.352 e. The molecule has 0 aromatic carbocycles. The number of aromatic nitrogens is 2. The third kappa shape index (κ3) is 4.57. The van der Waals surface area contributed by atoms with Crippen molar-refractivity contribution in [2.45, 2.75) is 39.7 Å². The van der Waals surface area contributed by atoms with Crippen LogP contribution in [-0.4, -0.2) is 22.6 Å². The maximum Gasteiger partial charge on any atom is 0.222 e. The summed E-state index contributed by atoms with van der Waals surface area (Å²) in [5.74, 6) is 1.33. The highest BCUT2D eigenvalue weighted by Crippen LogP contribution is 2.08. The van der Waals surface area contributed by atoms with Gasteiger partial charge in [0, 0.05) is 18.4 Å². The molecule has 4 heteroatoms. The second kappa shape index (κ2) is 6.43. The molecule has 0 aliphatic heterocycles. The van der Waals surface area contributed by atoms with Crippen molar-refractivity contribution >= 4 is 5.95 Å². The Morgan fingerprint density at radius 1 is 1.25 bits per heavy atom. The third-order valence-electron chi connectivity index (χ3n) is 2.32. The Balaban J connectivity index is 2.50. The van der Waals surface area contributed by atoms with E-state index in [4.69, 9.17) is 5.73 Å². The van der Waals surface area contributed by atoms with Gasteiger partial charge in [-0.1, -0.05) is 13.8 Å². The molecule has 1 atom stereocenters. The quantitative estimate of drug-likeness (QED) is 0.770. The van der Waals surface area contributed by atoms with E-state index in [0.29, 0.717) is 24.5 Å². The van der Waals surface area contributed by atoms with Crippen molar-refractivity contribution in [1.82, 2.24) is 9.97 Å². The Labute approximate surface area is 97.7 Å². The molecule has 1 heterocycles. The van der Waals surface area contributed by atoms with Gasteiger partial charge in [0.25, 0.3) is 0 Å². The van der Waals surface area contributed by atoms with Crippen LogP contribution in [0.25, 0.3) is 0 Å². The number of hydrogen-bond acceptors (Lipinski definition) is 4. The molecule has 0 aliphatic rings. The molecule has 0 amide bonds. The molecule has 0 fully saturated rings. The van der Waals surface area contributed by atoms with E-state index in [1.54, 1.807) is 0 Å². The zero-order valence-electron chi connectivity index (χ0n) is 10.4. The summed E-state index contributed by atoms with van der Waals surface area (Å²) in [7, 11) is 0. The molecular formula is C12H22N4. The minimum atomic E-state index is 0.320. The Morgan fingerprint density at radius 3 is 2.38 bits per heavy atom. The molecule has 0 radical (unpaired) electrons. The third-order valence-corrected chi connectivity index (χ3v) is 2.32. The Hall–Kier alpha value is -1.16. The molecule has 0 saturated heterocycles. The monoisotopic (exact) mass is 222 g/mol. The molecule has 0 bridgehead atoms. The van der Waals surface area contributed by atoms with Gasteiger partial charge in [0.05, 0.1) is 0 Å². The number of nitrogens with two attached hydrogens (primary N) is 1. The molecule has 1 aromatic heterocycles. The largest absolute Gasteiger partial charge is 0.352 e. The standard InChI is InChI=1S/C12H22N4/c1-9(2)6-11-7-14-12(15-8-11)16-10(3)4-5-13/h7-10H,4-6,13H2,1-3H3,(H,14,15,16). The molecule has 3 N–H and O–H groups in total. The summed E-state index contributed by atoms with van der Waals surface area (Å²) >= 11 is 0. The summed E-state index contributed by atoms with van der Waals surface area (Å²) in [6.07, 6.45) is 5.74. The van der Waals surface area contributed by atoms with Crippen LogP contribution < -0.4 is 11.1 Å². The topological polar surface area (TPSA) is 63.8 Å². The fourth-order valence-electron chi connectivity index (χ4n) is 1.55. The summed E-state index contributed by atoms with van der Waals surface area (Å²) in [4.78, 5) is 8.58. The maximum absolute atomic E-state index is 5.48. The normalized spacial score (nSPS) is 12.8. The van der Waals surface area contributed by atoms with Crippen molar-refractivity contribution in [1.29, 1.82) is 0 Å². The molecule has 0 spiro atoms. The van der Waals surface area contributed by atoms with E-state index >= 15 is 0 Å². The first-order valence-electron chi connectivity index (χ1n) is 5.89. The number of hydrogen-bond donors (Lipinski definition) is 2. The molecule has 1 unspecified atom stereocenters. The van der Waals surface area contributed by atoms with Gasteiger partial charge >= 0.3 is 0 Å². The highest BCUT2D eigenvalue weighted by Gasteiger charge is 2.03. The maximum atomic E-state index is 5.48. The lowest BCUT2D eigenvalue weighted by Crippen LogP contribution is -2.20. The minimum absolute atomic E-state index is 0.320. The molecule has 0 aliphatic carbocycles. The van der Waals surface area contributed by atoms with E-state index in [-0.39, 0.29) is 0 Å². The lowest BCUT2D eigenvalue weighted by molar-refractivity contribution is 0.643. The molecule has 90 valence electrons. The van der Waals surface area contributed by atoms with E-state index in [1.165, 1.54) is 5.56 Å². The molecular weight excluding hydrogens is 200 g/mol. The van der Waals surface area contributed by atoms with Crippen LogP contribution in [0.5, 0.6) is 0 Å². The Bertz CT molecular complexity index is 294. The molecule has 0 saturated carbocycles. The van der Waals surface area contributed by atoms with Crippen LogP contribution in [0, 0.1) is 5.92 Å². The number of nitrogens with zero attached hydrogens (tertiary/aromatic N) is 2. The van der Waals surface area contributed by atoms with Crippen molar-refractivity contribution in [3.05, 3.63) is 18.0 Å². The van der Waals surface area contributed by atoms with Crippen molar-refractivity contribution in [2.24, 2.45) is 11.7 Å². The van der Waals surface area contributed by atoms with Crippen LogP contribution >= 0.6 is 0 Å². The first-order chi connectivity index (χ1) is 7.61. The molecule has 1 aromatic rings. The van der Waals surface area contributed by atoms with Gasteiger partial charge in [-0.05, 0) is 37.8 Å². The van der Waals surface area contributed by atoms with Crippen LogP contribution in [0.2, 0.25) is 0 Å². The predicted molar refractivity (Wildman–Crippen MR) is 67.3 cm³/mol. The highest BCUT2D eigenvalue weighted by atomic mass is 15.1. The first kappa shape index (κ1) is 12.9. The van der Waals surface area contributed by atoms with Gasteiger partial charge in [-0.2, -0.15) is 0 Å². The average Bonchev–Trinajstić information content (AvgIpc) is 2.20. The number of anilines is 1. The van der Waals surface area contributed by atoms with Gasteiger partial charge in [-0.3, -0.25) is 0 Å². The molecule has 1 rings (SSSR count). The number of rotatable bonds is 6. The summed E-state index contributed by atoms with van der Waals surface area (Å²) in [5.41, 5.74) is 6.67. The van der Waals surface area contributed by atoms with Crippen molar-refractivity contribution < 1.29 is 0 Å². The van der Waals surface area contributed by atoms with Gasteiger partial charge in [-0.25, -0.2) is 9.97 Å². The predicted octanol–water partition coefficient (Wildman–Crippen LogP) is 1.82. The summed E-state index contributed by atoms with van der Waals surface area (Å²) in [5, 5.41) is 3.22. The fraction of sp³-hybridized carbons (Fsp3) is 0.667. The second-order valence-corrected chi connectivity index (χ2v) is 4.64. The van der Waals surface area contributed by atoms with E-state index in [2.05, 4.69) is 36.1 Å². The van der Waals surface area contributed by atoms with E-state index in [9.17, 15) is 0 Å². The van der Waals surface area contributed by atoms with E-state index < -0.39 is 0 Å². The zero-order chi connectivity index (χ0) is 12.0. The summed E-state index contributed by atoms with van der Waals surface area (Å²) < 4.78 is 0. The highest BCUT2D eigenvalue weighted by molar-refractivity contribution is 5.26. The Morgan fingerprint density at radius 2 is 1.88 bits per heavy atom. The van der Waals surface area contributed by atoms with Gasteiger partial charge in [0.1, 0.15) is 0 Å². The fourth-order valence-corrected chi connectivity index (χ4v) is 1.55. The summed E-state index contributed by atoms with van der Waals surface area (Å²) in [6, 6.07) is 0.320. The average molecular weight is 222 g/mol. The summed E-state index contributed by atoms with van der Waals surface area (Å²) in [6.45, 7) is 7.14. The molecule has 4 nitrogen and oxygen atoms in total. The smallest absolute Gasteiger partial charge is 0.222 e. The molecule has 16 heavy (non-hydrogen) atoms. The van der Waals surface area contributed by atoms with E-state index in [1.807, 2.05) is 12.4 Å². The Kier molecular flexibility index (Phi) is 5.19. The lowest BCUT2D eigenvalue weighted by Gasteiger charge is -2.12. The van der Waals surface area contributed by atoms with Crippen molar-refractivity contribution in [3.8, 4) is 0 Å². The van der Waals surface area contributed by atoms with Crippen LogP contribution in [-0.2, 0) is 6.42 Å². The van der Waals surface area contributed by atoms with Crippen molar-refractivity contribution in [2.75, 3.05) is 11.9 Å².